The second-order valence-electron chi connectivity index (χ2n) is 12.9. The van der Waals surface area contributed by atoms with Crippen LogP contribution < -0.4 is 14.8 Å². The third-order valence-electron chi connectivity index (χ3n) is 10.5. The first kappa shape index (κ1) is 31.4. The number of fused-ring (bicyclic) bond motifs is 9. The van der Waals surface area contributed by atoms with E-state index in [1.54, 1.807) is 6.92 Å². The number of hydrogen-bond donors (Lipinski definition) is 4. The number of phenolic OH excluding ortho intramolecular Hbond substituents is 2. The quantitative estimate of drug-likeness (QED) is 0.351. The monoisotopic (exact) mass is 664 g/mol. The number of carbonyl (C=O) groups is 3. The maximum absolute atomic E-state index is 13.5. The molecule has 5 aliphatic rings. The summed E-state index contributed by atoms with van der Waals surface area (Å²) >= 11 is 1.33. The Balaban J connectivity index is 1.43. The number of carbonyl (C=O) groups excluding carboxylic acids is 2. The Morgan fingerprint density at radius 2 is 1.79 bits per heavy atom. The molecule has 0 aromatic heterocycles. The number of aryl methyl sites for hydroxylation is 1. The van der Waals surface area contributed by atoms with Crippen LogP contribution in [0.5, 0.6) is 23.0 Å². The number of nitrogens with one attached hydrogen (secondary N) is 1. The minimum Gasteiger partial charge on any atom is -0.507 e. The fraction of sp³-hybridized carbons (Fsp3) is 0.515. The number of nitriles is 1. The zero-order valence-electron chi connectivity index (χ0n) is 26.4. The van der Waals surface area contributed by atoms with Gasteiger partial charge in [-0.1, -0.05) is 6.07 Å². The number of ether oxygens (including phenoxy) is 3. The zero-order valence-corrected chi connectivity index (χ0v) is 27.2. The van der Waals surface area contributed by atoms with E-state index < -0.39 is 53.3 Å². The number of carboxylic acids is 1. The van der Waals surface area contributed by atoms with Gasteiger partial charge in [0.1, 0.15) is 30.2 Å². The number of hydrogen-bond acceptors (Lipinski definition) is 12. The molecule has 2 aromatic rings. The van der Waals surface area contributed by atoms with E-state index in [1.807, 2.05) is 20.9 Å². The lowest BCUT2D eigenvalue weighted by molar-refractivity contribution is -0.152. The van der Waals surface area contributed by atoms with Gasteiger partial charge in [-0.25, -0.2) is 4.79 Å². The number of piperazine rings is 1. The van der Waals surface area contributed by atoms with Gasteiger partial charge in [-0.15, -0.1) is 11.8 Å². The van der Waals surface area contributed by atoms with E-state index in [4.69, 9.17) is 19.3 Å². The van der Waals surface area contributed by atoms with Crippen LogP contribution >= 0.6 is 11.8 Å². The summed E-state index contributed by atoms with van der Waals surface area (Å²) in [7, 11) is 1.96. The maximum Gasteiger partial charge on any atom is 0.329 e. The van der Waals surface area contributed by atoms with Crippen LogP contribution in [0.1, 0.15) is 69.1 Å². The van der Waals surface area contributed by atoms with Gasteiger partial charge in [0.25, 0.3) is 0 Å². The number of esters is 1. The summed E-state index contributed by atoms with van der Waals surface area (Å²) in [4.78, 5) is 41.5. The lowest BCUT2D eigenvalue weighted by atomic mass is 9.71. The Bertz CT molecular complexity index is 1760. The van der Waals surface area contributed by atoms with Crippen molar-refractivity contribution in [1.82, 2.24) is 15.1 Å². The summed E-state index contributed by atoms with van der Waals surface area (Å²) in [6, 6.07) is 0.988. The van der Waals surface area contributed by atoms with Gasteiger partial charge < -0.3 is 34.8 Å². The molecule has 1 unspecified atom stereocenters. The van der Waals surface area contributed by atoms with Gasteiger partial charge in [0, 0.05) is 46.5 Å². The molecule has 0 saturated carbocycles. The number of likely N-dealkylation sites (N-methyl/N-ethyl adjacent to an activating group) is 1. The zero-order chi connectivity index (χ0) is 33.5. The predicted octanol–water partition coefficient (Wildman–Crippen LogP) is 2.66. The van der Waals surface area contributed by atoms with Crippen LogP contribution in [0.25, 0.3) is 0 Å². The smallest absolute Gasteiger partial charge is 0.329 e. The van der Waals surface area contributed by atoms with Crippen molar-refractivity contribution in [2.75, 3.05) is 26.2 Å². The van der Waals surface area contributed by atoms with Gasteiger partial charge in [-0.05, 0) is 50.9 Å². The summed E-state index contributed by atoms with van der Waals surface area (Å²) in [6.07, 6.45) is -0.162. The van der Waals surface area contributed by atoms with Crippen molar-refractivity contribution < 1.29 is 43.9 Å². The van der Waals surface area contributed by atoms with Gasteiger partial charge >= 0.3 is 11.9 Å². The predicted molar refractivity (Wildman–Crippen MR) is 167 cm³/mol. The molecule has 248 valence electrons. The highest BCUT2D eigenvalue weighted by atomic mass is 32.2. The number of thioether (sulfide) groups is 1. The number of benzene rings is 2. The lowest BCUT2D eigenvalue weighted by Crippen LogP contribution is -2.69. The first-order valence-corrected chi connectivity index (χ1v) is 16.6. The Morgan fingerprint density at radius 1 is 1.06 bits per heavy atom. The van der Waals surface area contributed by atoms with E-state index in [0.717, 1.165) is 22.3 Å². The normalized spacial score (nSPS) is 29.2. The molecule has 4 N–H and O–H groups in total. The molecular weight excluding hydrogens is 628 g/mol. The SMILES string of the molecule is Cc1cc2c(c(O)c1C)[C@@H]1C3[C@@H]4SC[C@H](NC(=O)CCC(=O)O)C(=O)OC[C@@H](c5c6c(c(C)c(O)c54)OCO6)N3[C@@H](C#N)[C@H](C2)N1C. The van der Waals surface area contributed by atoms with Crippen molar-refractivity contribution in [3.8, 4) is 29.1 Å². The highest BCUT2D eigenvalue weighted by Crippen LogP contribution is 2.63. The molecule has 13 nitrogen and oxygen atoms in total. The molecule has 0 spiro atoms. The first-order valence-electron chi connectivity index (χ1n) is 15.6. The number of aliphatic carboxylic acids is 1. The molecule has 2 aromatic carbocycles. The minimum atomic E-state index is -1.13. The first-order chi connectivity index (χ1) is 22.4. The van der Waals surface area contributed by atoms with Crippen LogP contribution in [0.4, 0.5) is 0 Å². The van der Waals surface area contributed by atoms with Crippen LogP contribution in [0, 0.1) is 32.1 Å². The van der Waals surface area contributed by atoms with Crippen molar-refractivity contribution in [3.63, 3.8) is 0 Å². The Labute approximate surface area is 275 Å². The van der Waals surface area contributed by atoms with Crippen LogP contribution in [-0.2, 0) is 25.5 Å². The average Bonchev–Trinajstić information content (AvgIpc) is 3.53. The van der Waals surface area contributed by atoms with Gasteiger partial charge in [0.05, 0.1) is 29.8 Å². The van der Waals surface area contributed by atoms with Crippen molar-refractivity contribution in [3.05, 3.63) is 45.0 Å². The summed E-state index contributed by atoms with van der Waals surface area (Å²) in [5.41, 5.74) is 5.14. The third kappa shape index (κ3) is 4.69. The van der Waals surface area contributed by atoms with Crippen LogP contribution in [-0.4, -0.2) is 93.3 Å². The van der Waals surface area contributed by atoms with Crippen molar-refractivity contribution in [1.29, 1.82) is 5.26 Å². The van der Waals surface area contributed by atoms with Crippen LogP contribution in [0.2, 0.25) is 0 Å². The van der Waals surface area contributed by atoms with E-state index in [9.17, 15) is 29.9 Å². The highest BCUT2D eigenvalue weighted by molar-refractivity contribution is 7.99. The van der Waals surface area contributed by atoms with Crippen LogP contribution in [0.15, 0.2) is 6.07 Å². The number of amides is 1. The fourth-order valence-corrected chi connectivity index (χ4v) is 9.67. The molecule has 0 radical (unpaired) electrons. The summed E-state index contributed by atoms with van der Waals surface area (Å²) in [5.74, 6) is -1.32. The maximum atomic E-state index is 13.5. The number of nitrogens with zero attached hydrogens (tertiary/aromatic N) is 3. The molecule has 1 amide bonds. The van der Waals surface area contributed by atoms with E-state index in [-0.39, 0.29) is 49.5 Å². The van der Waals surface area contributed by atoms with E-state index in [2.05, 4.69) is 27.3 Å². The van der Waals surface area contributed by atoms with Crippen molar-refractivity contribution in [2.45, 2.75) is 81.5 Å². The molecule has 4 bridgehead atoms. The average molecular weight is 665 g/mol. The van der Waals surface area contributed by atoms with Crippen molar-refractivity contribution in [2.24, 2.45) is 0 Å². The second-order valence-corrected chi connectivity index (χ2v) is 14.1. The molecule has 2 fully saturated rings. The van der Waals surface area contributed by atoms with Gasteiger partial charge in [0.15, 0.2) is 11.5 Å². The van der Waals surface area contributed by atoms with E-state index in [1.165, 1.54) is 11.8 Å². The van der Waals surface area contributed by atoms with Gasteiger partial charge in [0.2, 0.25) is 12.7 Å². The highest BCUT2D eigenvalue weighted by Gasteiger charge is 2.60. The Hall–Kier alpha value is -4.19. The van der Waals surface area contributed by atoms with E-state index >= 15 is 0 Å². The lowest BCUT2D eigenvalue weighted by Gasteiger charge is -2.61. The molecule has 5 aliphatic heterocycles. The molecule has 47 heavy (non-hydrogen) atoms. The molecule has 0 aliphatic carbocycles. The molecular formula is C33H36N4O9S. The molecule has 2 saturated heterocycles. The Morgan fingerprint density at radius 3 is 2.51 bits per heavy atom. The number of rotatable bonds is 4. The standard InChI is InChI=1S/C33H36N4O9S/c1-13-7-16-8-18-19(9-34)37-20-10-44-33(43)17(35-21(38)5-6-22(39)40)11-47-32(27(37)26(36(18)4)23(16)28(41)14(13)2)25-24(20)31-30(45-12-46-31)15(3)29(25)42/h7,17-20,26-27,32,41-42H,5-6,8,10-12H2,1-4H3,(H,35,38)(H,39,40)/t17-,18-,19-,20-,26+,27?,32+/m0/s1. The molecule has 7 atom stereocenters. The summed E-state index contributed by atoms with van der Waals surface area (Å²) < 4.78 is 17.7. The number of carboxylic acid groups (broad SMARTS) is 1. The third-order valence-corrected chi connectivity index (χ3v) is 11.9. The topological polar surface area (TPSA) is 182 Å². The minimum absolute atomic E-state index is 0.0129. The largest absolute Gasteiger partial charge is 0.507 e. The number of aromatic hydroxyl groups is 2. The molecule has 7 rings (SSSR count). The summed E-state index contributed by atoms with van der Waals surface area (Å²) in [6.45, 7) is 5.31. The summed E-state index contributed by atoms with van der Waals surface area (Å²) in [5, 5.41) is 45.5. The van der Waals surface area contributed by atoms with Crippen molar-refractivity contribution >= 4 is 29.6 Å². The van der Waals surface area contributed by atoms with E-state index in [0.29, 0.717) is 34.6 Å². The number of cyclic esters (lactones) is 1. The fourth-order valence-electron chi connectivity index (χ4n) is 8.16. The Kier molecular flexibility index (Phi) is 7.69. The van der Waals surface area contributed by atoms with Gasteiger partial charge in [-0.2, -0.15) is 5.26 Å². The van der Waals surface area contributed by atoms with Crippen LogP contribution in [0.3, 0.4) is 0 Å². The second kappa shape index (κ2) is 11.5. The van der Waals surface area contributed by atoms with Gasteiger partial charge in [-0.3, -0.25) is 19.4 Å². The molecule has 5 heterocycles. The number of phenols is 2. The molecule has 14 heteroatoms.